The summed E-state index contributed by atoms with van der Waals surface area (Å²) in [5.74, 6) is 0.877. The van der Waals surface area contributed by atoms with Crippen LogP contribution >= 0.6 is 0 Å². The topological polar surface area (TPSA) is 327 Å². The average molecular weight is 1290 g/mol. The zero-order chi connectivity index (χ0) is 65.7. The highest BCUT2D eigenvalue weighted by Crippen LogP contribution is 2.38. The summed E-state index contributed by atoms with van der Waals surface area (Å²) >= 11 is 0. The van der Waals surface area contributed by atoms with Crippen LogP contribution in [0.2, 0.25) is 0 Å². The second-order valence-corrected chi connectivity index (χ2v) is 25.0. The molecule has 0 radical (unpaired) electrons. The number of amides is 5. The Kier molecular flexibility index (Phi) is 18.9. The van der Waals surface area contributed by atoms with Crippen molar-refractivity contribution in [3.63, 3.8) is 0 Å². The molecule has 6 heterocycles. The highest BCUT2D eigenvalue weighted by atomic mass is 16.3. The number of carbonyl (C=O) groups is 4. The molecular formula is C70H79N17O8. The number of aliphatic hydroxyl groups is 4. The first kappa shape index (κ1) is 63.7. The van der Waals surface area contributed by atoms with Gasteiger partial charge in [-0.1, -0.05) is 135 Å². The minimum Gasteiger partial charge on any atom is -0.388 e. The average Bonchev–Trinajstić information content (AvgIpc) is 1.63. The third kappa shape index (κ3) is 13.8. The molecule has 95 heavy (non-hydrogen) atoms. The van der Waals surface area contributed by atoms with E-state index in [-0.39, 0.29) is 67.3 Å². The number of carbonyl (C=O) groups excluding carboxylic acids is 4. The Hall–Kier alpha value is -10.1. The quantitative estimate of drug-likeness (QED) is 0.0371. The summed E-state index contributed by atoms with van der Waals surface area (Å²) in [7, 11) is 0. The monoisotopic (exact) mass is 1290 g/mol. The molecule has 5 aromatic carbocycles. The molecule has 0 unspecified atom stereocenters. The molecule has 11 N–H and O–H groups in total. The van der Waals surface area contributed by atoms with Gasteiger partial charge in [0.05, 0.1) is 36.8 Å². The Morgan fingerprint density at radius 3 is 1.29 bits per heavy atom. The highest BCUT2D eigenvalue weighted by molar-refractivity contribution is 5.96. The summed E-state index contributed by atoms with van der Waals surface area (Å²) in [6, 6.07) is 43.8. The van der Waals surface area contributed by atoms with Gasteiger partial charge in [-0.25, -0.2) is 14.8 Å². The Bertz CT molecular complexity index is 4070. The van der Waals surface area contributed by atoms with Gasteiger partial charge >= 0.3 is 6.03 Å². The van der Waals surface area contributed by atoms with Gasteiger partial charge in [0.1, 0.15) is 24.4 Å². The van der Waals surface area contributed by atoms with Crippen molar-refractivity contribution in [3.8, 4) is 0 Å². The number of fused-ring (bicyclic) bond motifs is 2. The molecule has 13 rings (SSSR count). The third-order valence-electron chi connectivity index (χ3n) is 18.9. The van der Waals surface area contributed by atoms with Crippen LogP contribution in [-0.4, -0.2) is 171 Å². The lowest BCUT2D eigenvalue weighted by Gasteiger charge is -2.22. The SMILES string of the molecule is CCC(=O)N[C@H]1C[C@@H](n2cnc3c(NCC(c4ccccc4)c4ccccc4)nc(N4CC[C@@H](NC(=O)Nc5ccc(C(=O)N[C@H]6CCN(c7nc(NCC(c8ccccc8)c8ccccc8)c8ncn([C@@H]9C[C@H](NC(=O)CC)[C@@H](O)[C@H]9O)c8n7)C6)cc5)C4)nc32)[C@H](O)[C@@H]1O. The summed E-state index contributed by atoms with van der Waals surface area (Å²) in [4.78, 5) is 86.3. The maximum absolute atomic E-state index is 13.9. The zero-order valence-corrected chi connectivity index (χ0v) is 52.8. The molecule has 0 bridgehead atoms. The molecule has 9 aromatic rings. The van der Waals surface area contributed by atoms with E-state index in [0.717, 1.165) is 22.3 Å². The number of anilines is 5. The molecule has 2 aliphatic heterocycles. The molecule has 492 valence electrons. The molecule has 2 saturated heterocycles. The van der Waals surface area contributed by atoms with Crippen molar-refractivity contribution in [1.29, 1.82) is 0 Å². The Balaban J connectivity index is 0.669. The van der Waals surface area contributed by atoms with Crippen LogP contribution in [0.3, 0.4) is 0 Å². The van der Waals surface area contributed by atoms with Crippen LogP contribution in [0.15, 0.2) is 158 Å². The predicted octanol–water partition coefficient (Wildman–Crippen LogP) is 5.99. The van der Waals surface area contributed by atoms with Gasteiger partial charge in [0.15, 0.2) is 34.0 Å². The molecule has 2 saturated carbocycles. The molecule has 4 fully saturated rings. The summed E-state index contributed by atoms with van der Waals surface area (Å²) in [5, 5.41) is 67.2. The van der Waals surface area contributed by atoms with Crippen molar-refractivity contribution in [1.82, 2.24) is 60.3 Å². The largest absolute Gasteiger partial charge is 0.388 e. The number of nitrogens with zero attached hydrogens (tertiary/aromatic N) is 10. The van der Waals surface area contributed by atoms with Crippen LogP contribution in [0.1, 0.15) is 109 Å². The van der Waals surface area contributed by atoms with E-state index in [1.165, 1.54) is 0 Å². The van der Waals surface area contributed by atoms with Gasteiger partial charge in [-0.05, 0) is 72.2 Å². The van der Waals surface area contributed by atoms with Gasteiger partial charge in [0.2, 0.25) is 23.7 Å². The zero-order valence-electron chi connectivity index (χ0n) is 52.8. The van der Waals surface area contributed by atoms with Crippen molar-refractivity contribution in [2.24, 2.45) is 0 Å². The number of nitrogens with one attached hydrogen (secondary N) is 7. The Morgan fingerprint density at radius 2 is 0.895 bits per heavy atom. The summed E-state index contributed by atoms with van der Waals surface area (Å²) in [6.07, 6.45) is 0.478. The molecule has 25 heteroatoms. The normalized spacial score (nSPS) is 22.6. The highest BCUT2D eigenvalue weighted by Gasteiger charge is 2.46. The minimum atomic E-state index is -1.22. The number of hydrogen-bond acceptors (Lipinski definition) is 18. The van der Waals surface area contributed by atoms with E-state index in [4.69, 9.17) is 29.9 Å². The maximum atomic E-state index is 13.9. The Labute approximate surface area is 548 Å². The fourth-order valence-electron chi connectivity index (χ4n) is 13.7. The van der Waals surface area contributed by atoms with E-state index in [9.17, 15) is 39.6 Å². The smallest absolute Gasteiger partial charge is 0.319 e. The molecule has 2 aliphatic carbocycles. The van der Waals surface area contributed by atoms with Gasteiger partial charge in [-0.2, -0.15) is 19.9 Å². The second-order valence-electron chi connectivity index (χ2n) is 25.0. The number of hydrogen-bond donors (Lipinski definition) is 11. The van der Waals surface area contributed by atoms with Gasteiger partial charge < -0.3 is 76.6 Å². The molecule has 10 atom stereocenters. The van der Waals surface area contributed by atoms with Crippen molar-refractivity contribution in [2.75, 3.05) is 65.0 Å². The lowest BCUT2D eigenvalue weighted by Crippen LogP contribution is -2.42. The second kappa shape index (κ2) is 28.2. The van der Waals surface area contributed by atoms with Crippen LogP contribution in [0.5, 0.6) is 0 Å². The number of urea groups is 1. The van der Waals surface area contributed by atoms with Crippen LogP contribution in [0.25, 0.3) is 22.3 Å². The minimum absolute atomic E-state index is 0.0515. The lowest BCUT2D eigenvalue weighted by atomic mass is 9.91. The fourth-order valence-corrected chi connectivity index (χ4v) is 13.7. The lowest BCUT2D eigenvalue weighted by molar-refractivity contribution is -0.123. The van der Waals surface area contributed by atoms with Crippen LogP contribution in [-0.2, 0) is 9.59 Å². The Morgan fingerprint density at radius 1 is 0.495 bits per heavy atom. The third-order valence-corrected chi connectivity index (χ3v) is 18.9. The fraction of sp³-hybridized carbons (Fsp3) is 0.371. The number of aromatic nitrogens is 8. The van der Waals surface area contributed by atoms with E-state index in [2.05, 4.69) is 85.7 Å². The predicted molar refractivity (Wildman–Crippen MR) is 360 cm³/mol. The molecule has 4 aromatic heterocycles. The van der Waals surface area contributed by atoms with Crippen molar-refractivity contribution < 1.29 is 39.6 Å². The molecule has 5 amide bonds. The number of imidazole rings is 2. The first-order valence-electron chi connectivity index (χ1n) is 32.7. The summed E-state index contributed by atoms with van der Waals surface area (Å²) in [6.45, 7) is 6.18. The molecule has 4 aliphatic rings. The van der Waals surface area contributed by atoms with E-state index >= 15 is 0 Å². The van der Waals surface area contributed by atoms with Crippen molar-refractivity contribution in [3.05, 3.63) is 186 Å². The summed E-state index contributed by atoms with van der Waals surface area (Å²) in [5.41, 5.74) is 7.15. The first-order chi connectivity index (χ1) is 46.3. The number of benzene rings is 5. The maximum Gasteiger partial charge on any atom is 0.319 e. The van der Waals surface area contributed by atoms with E-state index < -0.39 is 54.6 Å². The van der Waals surface area contributed by atoms with Crippen LogP contribution in [0.4, 0.5) is 34.0 Å². The molecular weight excluding hydrogens is 1210 g/mol. The van der Waals surface area contributed by atoms with Crippen LogP contribution < -0.4 is 47.0 Å². The van der Waals surface area contributed by atoms with Gasteiger partial charge in [-0.15, -0.1) is 0 Å². The molecule has 0 spiro atoms. The number of aliphatic hydroxyl groups excluding tert-OH is 4. The first-order valence-corrected chi connectivity index (χ1v) is 32.7. The number of rotatable bonds is 22. The van der Waals surface area contributed by atoms with E-state index in [1.807, 2.05) is 82.6 Å². The van der Waals surface area contributed by atoms with Crippen molar-refractivity contribution >= 4 is 75.3 Å². The van der Waals surface area contributed by atoms with Crippen LogP contribution in [0, 0.1) is 0 Å². The van der Waals surface area contributed by atoms with Gasteiger partial charge in [-0.3, -0.25) is 14.4 Å². The van der Waals surface area contributed by atoms with E-state index in [1.54, 1.807) is 59.9 Å². The molecule has 25 nitrogen and oxygen atoms in total. The van der Waals surface area contributed by atoms with Gasteiger partial charge in [0.25, 0.3) is 5.91 Å². The van der Waals surface area contributed by atoms with Crippen molar-refractivity contribution in [2.45, 2.75) is 125 Å². The standard InChI is InChI=1S/C70H79N17O8/c1-3-55(88)78-51-33-53(61(92)59(51)90)86-39-73-57-63(71-35-49(41-17-9-5-10-18-41)42-19-11-6-12-20-42)80-68(82-65(57)86)84-31-29-47(37-84)75-67(94)45-25-27-46(28-26-45)76-70(95)77-48-30-32-85(38-48)69-81-64(72-36-50(43-21-13-7-14-22-43)44-23-15-8-16-24-44)58-66(83-69)87(40-74-58)54-34-52(60(91)62(54)93)79-56(89)4-2/h5-28,39-40,47-54,59-62,90-93H,3-4,29-38H2,1-2H3,(H,75,94)(H,78,88)(H,79,89)(H,71,80,82)(H,72,81,83)(H2,76,77,95)/t47-,48+,51-,52-,53+,54+,59+,60+,61-,62-/m0/s1. The van der Waals surface area contributed by atoms with E-state index in [0.29, 0.717) is 109 Å². The van der Waals surface area contributed by atoms with Gasteiger partial charge in [0, 0.05) is 87.3 Å². The summed E-state index contributed by atoms with van der Waals surface area (Å²) < 4.78 is 3.51.